The topological polar surface area (TPSA) is 151 Å². The summed E-state index contributed by atoms with van der Waals surface area (Å²) in [5, 5.41) is 13.3. The molecule has 1 aromatic rings. The Morgan fingerprint density at radius 2 is 1.93 bits per heavy atom. The van der Waals surface area contributed by atoms with Gasteiger partial charge in [0.15, 0.2) is 6.61 Å². The number of aliphatic hydroxyl groups excluding tert-OH is 1. The number of amides is 5. The summed E-state index contributed by atoms with van der Waals surface area (Å²) in [6.07, 6.45) is 0.111. The van der Waals surface area contributed by atoms with Gasteiger partial charge in [-0.3, -0.25) is 34.2 Å². The number of nitrogens with zero attached hydrogens (tertiary/aromatic N) is 1. The minimum Gasteiger partial charge on any atom is -0.484 e. The number of fused-ring (bicyclic) bond motifs is 1. The Bertz CT molecular complexity index is 885. The SMILES string of the molecule is O=C(COc1ccc2c(c1)C(=O)N(C1CCC(=O)NC1=O)C2=O)NCCOCCO. The van der Waals surface area contributed by atoms with Crippen molar-refractivity contribution in [3.05, 3.63) is 29.3 Å². The number of nitrogens with one attached hydrogen (secondary N) is 2. The highest BCUT2D eigenvalue weighted by Gasteiger charge is 2.44. The Morgan fingerprint density at radius 1 is 1.17 bits per heavy atom. The summed E-state index contributed by atoms with van der Waals surface area (Å²) in [5.41, 5.74) is 0.197. The molecule has 0 radical (unpaired) electrons. The molecular weight excluding hydrogens is 398 g/mol. The molecule has 3 rings (SSSR count). The van der Waals surface area contributed by atoms with Crippen LogP contribution in [0.4, 0.5) is 0 Å². The van der Waals surface area contributed by atoms with Gasteiger partial charge in [0.05, 0.1) is 30.9 Å². The second-order valence-electron chi connectivity index (χ2n) is 6.63. The molecule has 2 heterocycles. The lowest BCUT2D eigenvalue weighted by molar-refractivity contribution is -0.136. The summed E-state index contributed by atoms with van der Waals surface area (Å²) < 4.78 is 10.4. The van der Waals surface area contributed by atoms with Crippen LogP contribution in [0.5, 0.6) is 5.75 Å². The van der Waals surface area contributed by atoms with Crippen LogP contribution in [-0.2, 0) is 19.1 Å². The molecule has 0 saturated carbocycles. The summed E-state index contributed by atoms with van der Waals surface area (Å²) in [5.74, 6) is -2.59. The van der Waals surface area contributed by atoms with Crippen LogP contribution in [0.15, 0.2) is 18.2 Å². The van der Waals surface area contributed by atoms with E-state index in [4.69, 9.17) is 14.6 Å². The van der Waals surface area contributed by atoms with Crippen molar-refractivity contribution in [2.75, 3.05) is 33.0 Å². The molecule has 1 fully saturated rings. The van der Waals surface area contributed by atoms with Crippen LogP contribution in [0.3, 0.4) is 0 Å². The van der Waals surface area contributed by atoms with Gasteiger partial charge in [0.1, 0.15) is 11.8 Å². The van der Waals surface area contributed by atoms with Gasteiger partial charge in [0.25, 0.3) is 17.7 Å². The first-order chi connectivity index (χ1) is 14.4. The predicted molar refractivity (Wildman–Crippen MR) is 99.5 cm³/mol. The van der Waals surface area contributed by atoms with Crippen molar-refractivity contribution in [1.29, 1.82) is 0 Å². The van der Waals surface area contributed by atoms with Gasteiger partial charge in [-0.15, -0.1) is 0 Å². The third-order valence-electron chi connectivity index (χ3n) is 4.59. The Labute approximate surface area is 171 Å². The fraction of sp³-hybridized carbons (Fsp3) is 0.421. The molecule has 0 aliphatic carbocycles. The van der Waals surface area contributed by atoms with E-state index in [2.05, 4.69) is 10.6 Å². The molecule has 0 aromatic heterocycles. The van der Waals surface area contributed by atoms with E-state index in [1.807, 2.05) is 0 Å². The number of piperidine rings is 1. The van der Waals surface area contributed by atoms with E-state index >= 15 is 0 Å². The first-order valence-corrected chi connectivity index (χ1v) is 9.36. The van der Waals surface area contributed by atoms with Gasteiger partial charge in [-0.25, -0.2) is 0 Å². The highest BCUT2D eigenvalue weighted by atomic mass is 16.5. The van der Waals surface area contributed by atoms with Gasteiger partial charge in [0.2, 0.25) is 11.8 Å². The van der Waals surface area contributed by atoms with Crippen LogP contribution >= 0.6 is 0 Å². The summed E-state index contributed by atoms with van der Waals surface area (Å²) in [7, 11) is 0. The summed E-state index contributed by atoms with van der Waals surface area (Å²) in [6, 6.07) is 3.16. The number of carbonyl (C=O) groups is 5. The molecule has 5 amide bonds. The predicted octanol–water partition coefficient (Wildman–Crippen LogP) is -1.41. The standard InChI is InChI=1S/C19H21N3O8/c23-6-8-29-7-5-20-16(25)10-30-11-1-2-12-13(9-11)19(28)22(18(12)27)14-3-4-15(24)21-17(14)26/h1-2,9,14,23H,3-8,10H2,(H,20,25)(H,21,24,26). The van der Waals surface area contributed by atoms with E-state index in [9.17, 15) is 24.0 Å². The van der Waals surface area contributed by atoms with Gasteiger partial charge in [-0.05, 0) is 24.6 Å². The number of hydrogen-bond donors (Lipinski definition) is 3. The molecule has 0 spiro atoms. The smallest absolute Gasteiger partial charge is 0.262 e. The number of ether oxygens (including phenoxy) is 2. The van der Waals surface area contributed by atoms with Crippen molar-refractivity contribution in [2.24, 2.45) is 0 Å². The molecule has 0 bridgehead atoms. The quantitative estimate of drug-likeness (QED) is 0.326. The normalized spacial score (nSPS) is 18.3. The molecule has 160 valence electrons. The van der Waals surface area contributed by atoms with E-state index in [0.717, 1.165) is 4.90 Å². The molecule has 2 aliphatic rings. The van der Waals surface area contributed by atoms with Crippen LogP contribution < -0.4 is 15.4 Å². The highest BCUT2D eigenvalue weighted by molar-refractivity contribution is 6.23. The molecule has 1 unspecified atom stereocenters. The molecule has 3 N–H and O–H groups in total. The van der Waals surface area contributed by atoms with Gasteiger partial charge in [-0.2, -0.15) is 0 Å². The maximum Gasteiger partial charge on any atom is 0.262 e. The van der Waals surface area contributed by atoms with Crippen molar-refractivity contribution in [2.45, 2.75) is 18.9 Å². The summed E-state index contributed by atoms with van der Waals surface area (Å²) >= 11 is 0. The number of hydrogen-bond acceptors (Lipinski definition) is 8. The Morgan fingerprint density at radius 3 is 2.67 bits per heavy atom. The maximum atomic E-state index is 12.7. The molecule has 11 heteroatoms. The van der Waals surface area contributed by atoms with Gasteiger partial charge >= 0.3 is 0 Å². The Hall–Kier alpha value is -3.31. The average molecular weight is 419 g/mol. The van der Waals surface area contributed by atoms with Gasteiger partial charge < -0.3 is 19.9 Å². The van der Waals surface area contributed by atoms with Crippen LogP contribution in [0.1, 0.15) is 33.6 Å². The molecule has 1 aromatic carbocycles. The van der Waals surface area contributed by atoms with E-state index in [1.165, 1.54) is 18.2 Å². The average Bonchev–Trinajstić information content (AvgIpc) is 2.96. The van der Waals surface area contributed by atoms with Crippen molar-refractivity contribution in [3.63, 3.8) is 0 Å². The van der Waals surface area contributed by atoms with Crippen LogP contribution in [0, 0.1) is 0 Å². The first kappa shape index (κ1) is 21.4. The van der Waals surface area contributed by atoms with E-state index in [0.29, 0.717) is 0 Å². The number of imide groups is 2. The molecule has 11 nitrogen and oxygen atoms in total. The van der Waals surface area contributed by atoms with E-state index in [-0.39, 0.29) is 62.7 Å². The molecule has 1 saturated heterocycles. The first-order valence-electron chi connectivity index (χ1n) is 9.36. The number of benzene rings is 1. The lowest BCUT2D eigenvalue weighted by atomic mass is 10.0. The Balaban J connectivity index is 1.59. The van der Waals surface area contributed by atoms with Gasteiger partial charge in [0, 0.05) is 13.0 Å². The van der Waals surface area contributed by atoms with E-state index in [1.54, 1.807) is 0 Å². The monoisotopic (exact) mass is 419 g/mol. The zero-order chi connectivity index (χ0) is 21.7. The third kappa shape index (κ3) is 4.63. The minimum atomic E-state index is -1.04. The van der Waals surface area contributed by atoms with Crippen molar-refractivity contribution in [3.8, 4) is 5.75 Å². The number of rotatable bonds is 9. The van der Waals surface area contributed by atoms with Crippen molar-refractivity contribution >= 4 is 29.5 Å². The Kier molecular flexibility index (Phi) is 6.75. The van der Waals surface area contributed by atoms with Crippen molar-refractivity contribution in [1.82, 2.24) is 15.5 Å². The third-order valence-corrected chi connectivity index (χ3v) is 4.59. The second-order valence-corrected chi connectivity index (χ2v) is 6.63. The second kappa shape index (κ2) is 9.46. The highest BCUT2D eigenvalue weighted by Crippen LogP contribution is 2.30. The number of aliphatic hydroxyl groups is 1. The van der Waals surface area contributed by atoms with E-state index < -0.39 is 35.6 Å². The molecule has 2 aliphatic heterocycles. The lowest BCUT2D eigenvalue weighted by Crippen LogP contribution is -2.54. The fourth-order valence-corrected chi connectivity index (χ4v) is 3.17. The molecular formula is C19H21N3O8. The largest absolute Gasteiger partial charge is 0.484 e. The zero-order valence-corrected chi connectivity index (χ0v) is 16.0. The van der Waals surface area contributed by atoms with Crippen LogP contribution in [0.2, 0.25) is 0 Å². The molecule has 30 heavy (non-hydrogen) atoms. The maximum absolute atomic E-state index is 12.7. The minimum absolute atomic E-state index is 0.0400. The van der Waals surface area contributed by atoms with Gasteiger partial charge in [-0.1, -0.05) is 0 Å². The summed E-state index contributed by atoms with van der Waals surface area (Å²) in [6.45, 7) is 0.275. The van der Waals surface area contributed by atoms with Crippen LogP contribution in [0.25, 0.3) is 0 Å². The lowest BCUT2D eigenvalue weighted by Gasteiger charge is -2.27. The molecule has 1 atom stereocenters. The van der Waals surface area contributed by atoms with Crippen LogP contribution in [-0.4, -0.2) is 78.6 Å². The summed E-state index contributed by atoms with van der Waals surface area (Å²) in [4.78, 5) is 61.3. The fourth-order valence-electron chi connectivity index (χ4n) is 3.17. The van der Waals surface area contributed by atoms with Crippen molar-refractivity contribution < 1.29 is 38.6 Å². The zero-order valence-electron chi connectivity index (χ0n) is 16.0. The number of carbonyl (C=O) groups excluding carboxylic acids is 5.